The number of nitrogens with one attached hydrogen (secondary N) is 2. The standard InChI is InChI=1S/C27H25N3O4S/c1-27(22-10-4-2-5-11-22,35(32,33)23-12-6-3-7-13-23)34-30-26(31)24-14-8-9-15-25(24)29-20-21-16-18-28-19-17-21/h2-19,29H,20H2,1H3,(H,30,31). The number of pyridine rings is 1. The molecule has 4 rings (SSSR count). The number of carbonyl (C=O) groups is 1. The Morgan fingerprint density at radius 1 is 0.857 bits per heavy atom. The summed E-state index contributed by atoms with van der Waals surface area (Å²) in [6.45, 7) is 1.91. The van der Waals surface area contributed by atoms with Crippen LogP contribution < -0.4 is 10.8 Å². The van der Waals surface area contributed by atoms with Gasteiger partial charge in [-0.25, -0.2) is 18.7 Å². The molecule has 2 N–H and O–H groups in total. The molecule has 0 fully saturated rings. The molecule has 0 aliphatic rings. The van der Waals surface area contributed by atoms with Gasteiger partial charge < -0.3 is 5.32 Å². The number of sulfone groups is 1. The highest BCUT2D eigenvalue weighted by atomic mass is 32.2. The van der Waals surface area contributed by atoms with E-state index in [2.05, 4.69) is 15.8 Å². The molecule has 0 spiro atoms. The molecule has 0 saturated carbocycles. The third-order valence-corrected chi connectivity index (χ3v) is 7.84. The minimum atomic E-state index is -4.05. The molecule has 3 aromatic carbocycles. The molecule has 1 heterocycles. The second-order valence-electron chi connectivity index (χ2n) is 7.92. The van der Waals surface area contributed by atoms with Crippen molar-refractivity contribution in [1.29, 1.82) is 0 Å². The molecular weight excluding hydrogens is 462 g/mol. The summed E-state index contributed by atoms with van der Waals surface area (Å²) in [4.78, 5) is 21.1. The van der Waals surface area contributed by atoms with E-state index in [0.29, 0.717) is 23.4 Å². The first-order chi connectivity index (χ1) is 16.9. The number of carbonyl (C=O) groups excluding carboxylic acids is 1. The van der Waals surface area contributed by atoms with Gasteiger partial charge in [0.2, 0.25) is 14.8 Å². The van der Waals surface area contributed by atoms with Crippen LogP contribution in [0.5, 0.6) is 0 Å². The summed E-state index contributed by atoms with van der Waals surface area (Å²) in [5.41, 5.74) is 4.66. The van der Waals surface area contributed by atoms with Gasteiger partial charge in [-0.15, -0.1) is 0 Å². The Hall–Kier alpha value is -4.01. The van der Waals surface area contributed by atoms with Crippen LogP contribution in [0, 0.1) is 0 Å². The Balaban J connectivity index is 1.59. The molecule has 0 aliphatic carbocycles. The molecular formula is C27H25N3O4S. The zero-order valence-corrected chi connectivity index (χ0v) is 19.9. The van der Waals surface area contributed by atoms with E-state index < -0.39 is 20.7 Å². The van der Waals surface area contributed by atoms with Gasteiger partial charge >= 0.3 is 0 Å². The Bertz CT molecular complexity index is 1380. The van der Waals surface area contributed by atoms with Crippen LogP contribution in [0.25, 0.3) is 0 Å². The molecule has 1 unspecified atom stereocenters. The number of hydrogen-bond acceptors (Lipinski definition) is 6. The molecule has 0 saturated heterocycles. The van der Waals surface area contributed by atoms with Crippen molar-refractivity contribution in [3.8, 4) is 0 Å². The number of hydrogen-bond donors (Lipinski definition) is 2. The van der Waals surface area contributed by atoms with Crippen LogP contribution in [0.4, 0.5) is 5.69 Å². The number of amides is 1. The number of anilines is 1. The Morgan fingerprint density at radius 2 is 1.46 bits per heavy atom. The average molecular weight is 488 g/mol. The lowest BCUT2D eigenvalue weighted by Crippen LogP contribution is -2.42. The van der Waals surface area contributed by atoms with E-state index in [1.54, 1.807) is 85.2 Å². The van der Waals surface area contributed by atoms with E-state index in [1.165, 1.54) is 19.1 Å². The smallest absolute Gasteiger partial charge is 0.277 e. The van der Waals surface area contributed by atoms with Crippen LogP contribution in [0.15, 0.2) is 114 Å². The fourth-order valence-corrected chi connectivity index (χ4v) is 5.13. The monoisotopic (exact) mass is 487 g/mol. The van der Waals surface area contributed by atoms with E-state index in [-0.39, 0.29) is 4.90 Å². The van der Waals surface area contributed by atoms with Crippen LogP contribution in [0.1, 0.15) is 28.4 Å². The molecule has 178 valence electrons. The number of benzene rings is 3. The molecule has 4 aromatic rings. The molecule has 1 atom stereocenters. The van der Waals surface area contributed by atoms with Gasteiger partial charge in [-0.3, -0.25) is 9.78 Å². The number of para-hydroxylation sites is 1. The second kappa shape index (κ2) is 10.5. The predicted molar refractivity (Wildman–Crippen MR) is 134 cm³/mol. The quantitative estimate of drug-likeness (QED) is 0.332. The summed E-state index contributed by atoms with van der Waals surface area (Å²) in [7, 11) is -4.05. The van der Waals surface area contributed by atoms with Crippen molar-refractivity contribution in [2.45, 2.75) is 23.3 Å². The number of hydroxylamine groups is 1. The normalized spacial score (nSPS) is 12.9. The molecule has 0 radical (unpaired) electrons. The zero-order valence-electron chi connectivity index (χ0n) is 19.1. The van der Waals surface area contributed by atoms with Gasteiger partial charge in [-0.2, -0.15) is 0 Å². The summed E-state index contributed by atoms with van der Waals surface area (Å²) in [6, 6.07) is 27.2. The van der Waals surface area contributed by atoms with Gasteiger partial charge in [0, 0.05) is 30.2 Å². The summed E-state index contributed by atoms with van der Waals surface area (Å²) in [5.74, 6) is -0.576. The van der Waals surface area contributed by atoms with Crippen molar-refractivity contribution < 1.29 is 18.0 Å². The van der Waals surface area contributed by atoms with E-state index in [4.69, 9.17) is 4.84 Å². The maximum Gasteiger partial charge on any atom is 0.277 e. The molecule has 35 heavy (non-hydrogen) atoms. The first kappa shape index (κ1) is 24.1. The van der Waals surface area contributed by atoms with Gasteiger partial charge in [0.1, 0.15) is 0 Å². The SMILES string of the molecule is CC(ONC(=O)c1ccccc1NCc1ccncc1)(c1ccccc1)S(=O)(=O)c1ccccc1. The van der Waals surface area contributed by atoms with Crippen molar-refractivity contribution in [2.24, 2.45) is 0 Å². The summed E-state index contributed by atoms with van der Waals surface area (Å²) >= 11 is 0. The highest BCUT2D eigenvalue weighted by Crippen LogP contribution is 2.36. The van der Waals surface area contributed by atoms with Gasteiger partial charge in [-0.05, 0) is 48.9 Å². The molecule has 7 nitrogen and oxygen atoms in total. The van der Waals surface area contributed by atoms with E-state index in [9.17, 15) is 13.2 Å². The highest BCUT2D eigenvalue weighted by molar-refractivity contribution is 7.92. The molecule has 1 aromatic heterocycles. The zero-order chi connectivity index (χ0) is 24.7. The molecule has 1 amide bonds. The van der Waals surface area contributed by atoms with Crippen LogP contribution >= 0.6 is 0 Å². The lowest BCUT2D eigenvalue weighted by molar-refractivity contribution is -0.0353. The third kappa shape index (κ3) is 5.24. The number of nitrogens with zero attached hydrogens (tertiary/aromatic N) is 1. The van der Waals surface area contributed by atoms with Crippen LogP contribution in [0.3, 0.4) is 0 Å². The van der Waals surface area contributed by atoms with Gasteiger partial charge in [-0.1, -0.05) is 60.7 Å². The van der Waals surface area contributed by atoms with Crippen LogP contribution in [-0.4, -0.2) is 19.3 Å². The topological polar surface area (TPSA) is 97.4 Å². The first-order valence-corrected chi connectivity index (χ1v) is 12.5. The fraction of sp³-hybridized carbons (Fsp3) is 0.111. The Morgan fingerprint density at radius 3 is 2.14 bits per heavy atom. The fourth-order valence-electron chi connectivity index (χ4n) is 3.57. The van der Waals surface area contributed by atoms with Crippen molar-refractivity contribution in [2.75, 3.05) is 5.32 Å². The predicted octanol–water partition coefficient (Wildman–Crippen LogP) is 4.70. The van der Waals surface area contributed by atoms with Crippen molar-refractivity contribution in [3.05, 3.63) is 126 Å². The highest BCUT2D eigenvalue weighted by Gasteiger charge is 2.44. The van der Waals surface area contributed by atoms with Gasteiger partial charge in [0.05, 0.1) is 10.5 Å². The molecule has 0 bridgehead atoms. The lowest BCUT2D eigenvalue weighted by atomic mass is 10.1. The minimum absolute atomic E-state index is 0.0834. The van der Waals surface area contributed by atoms with Crippen molar-refractivity contribution in [3.63, 3.8) is 0 Å². The molecule has 8 heteroatoms. The minimum Gasteiger partial charge on any atom is -0.380 e. The van der Waals surface area contributed by atoms with Crippen LogP contribution in [-0.2, 0) is 26.2 Å². The van der Waals surface area contributed by atoms with Crippen molar-refractivity contribution in [1.82, 2.24) is 10.5 Å². The second-order valence-corrected chi connectivity index (χ2v) is 10.2. The third-order valence-electron chi connectivity index (χ3n) is 5.61. The summed E-state index contributed by atoms with van der Waals surface area (Å²) < 4.78 is 27.3. The van der Waals surface area contributed by atoms with Gasteiger partial charge in [0.15, 0.2) is 0 Å². The first-order valence-electron chi connectivity index (χ1n) is 11.0. The maximum absolute atomic E-state index is 13.6. The van der Waals surface area contributed by atoms with Crippen LogP contribution in [0.2, 0.25) is 0 Å². The lowest BCUT2D eigenvalue weighted by Gasteiger charge is -2.29. The van der Waals surface area contributed by atoms with E-state index in [0.717, 1.165) is 5.56 Å². The van der Waals surface area contributed by atoms with Crippen molar-refractivity contribution >= 4 is 21.4 Å². The Labute approximate surface area is 204 Å². The number of aromatic nitrogens is 1. The maximum atomic E-state index is 13.6. The molecule has 0 aliphatic heterocycles. The average Bonchev–Trinajstić information content (AvgIpc) is 2.92. The summed E-state index contributed by atoms with van der Waals surface area (Å²) in [5, 5.41) is 3.23. The summed E-state index contributed by atoms with van der Waals surface area (Å²) in [6.07, 6.45) is 3.39. The largest absolute Gasteiger partial charge is 0.380 e. The number of rotatable bonds is 9. The van der Waals surface area contributed by atoms with E-state index >= 15 is 0 Å². The van der Waals surface area contributed by atoms with E-state index in [1.807, 2.05) is 12.1 Å². The Kier molecular flexibility index (Phi) is 7.24. The van der Waals surface area contributed by atoms with Gasteiger partial charge in [0.25, 0.3) is 5.91 Å².